The standard InChI is InChI=1S/C17H16F3NO/c1-12(21-16(22)14-7-3-2-4-8-14)10-13-6-5-9-15(11-13)17(18,19)20/h2-9,11-12H,10H2,1H3,(H,21,22)/t12-/m0/s1. The van der Waals surface area contributed by atoms with E-state index in [0.29, 0.717) is 17.5 Å². The third kappa shape index (κ3) is 4.35. The van der Waals surface area contributed by atoms with Gasteiger partial charge in [-0.1, -0.05) is 36.4 Å². The zero-order valence-electron chi connectivity index (χ0n) is 12.0. The van der Waals surface area contributed by atoms with Crippen LogP contribution in [0, 0.1) is 0 Å². The number of hydrogen-bond donors (Lipinski definition) is 1. The quantitative estimate of drug-likeness (QED) is 0.906. The molecule has 0 fully saturated rings. The molecule has 0 heterocycles. The van der Waals surface area contributed by atoms with Crippen LogP contribution in [-0.4, -0.2) is 11.9 Å². The Morgan fingerprint density at radius 3 is 2.41 bits per heavy atom. The second-order valence-corrected chi connectivity index (χ2v) is 5.14. The lowest BCUT2D eigenvalue weighted by Crippen LogP contribution is -2.34. The molecule has 22 heavy (non-hydrogen) atoms. The van der Waals surface area contributed by atoms with Crippen LogP contribution in [0.2, 0.25) is 0 Å². The van der Waals surface area contributed by atoms with Gasteiger partial charge in [0.15, 0.2) is 0 Å². The Bertz CT molecular complexity index is 638. The Labute approximate surface area is 127 Å². The first kappa shape index (κ1) is 16.1. The van der Waals surface area contributed by atoms with Crippen LogP contribution < -0.4 is 5.32 Å². The van der Waals surface area contributed by atoms with E-state index in [0.717, 1.165) is 12.1 Å². The molecule has 0 aliphatic heterocycles. The van der Waals surface area contributed by atoms with Gasteiger partial charge in [0.25, 0.3) is 5.91 Å². The molecule has 0 aliphatic rings. The predicted molar refractivity (Wildman–Crippen MR) is 78.5 cm³/mol. The van der Waals surface area contributed by atoms with Crippen LogP contribution >= 0.6 is 0 Å². The molecule has 2 aromatic rings. The molecule has 2 nitrogen and oxygen atoms in total. The lowest BCUT2D eigenvalue weighted by Gasteiger charge is -2.15. The molecule has 2 rings (SSSR count). The van der Waals surface area contributed by atoms with Crippen molar-refractivity contribution in [1.82, 2.24) is 5.32 Å². The zero-order chi connectivity index (χ0) is 16.2. The number of carbonyl (C=O) groups is 1. The number of alkyl halides is 3. The van der Waals surface area contributed by atoms with Crippen LogP contribution in [0.1, 0.15) is 28.4 Å². The van der Waals surface area contributed by atoms with Gasteiger partial charge in [0.1, 0.15) is 0 Å². The second kappa shape index (κ2) is 6.64. The van der Waals surface area contributed by atoms with E-state index in [2.05, 4.69) is 5.32 Å². The van der Waals surface area contributed by atoms with E-state index < -0.39 is 11.7 Å². The molecule has 0 aromatic heterocycles. The molecule has 0 spiro atoms. The van der Waals surface area contributed by atoms with Crippen LogP contribution in [0.15, 0.2) is 54.6 Å². The molecule has 1 N–H and O–H groups in total. The van der Waals surface area contributed by atoms with E-state index >= 15 is 0 Å². The Hall–Kier alpha value is -2.30. The third-order valence-electron chi connectivity index (χ3n) is 3.21. The molecule has 1 atom stereocenters. The van der Waals surface area contributed by atoms with E-state index in [1.165, 1.54) is 6.07 Å². The fraction of sp³-hybridized carbons (Fsp3) is 0.235. The summed E-state index contributed by atoms with van der Waals surface area (Å²) in [5.41, 5.74) is 0.390. The minimum atomic E-state index is -4.35. The van der Waals surface area contributed by atoms with Crippen molar-refractivity contribution in [3.05, 3.63) is 71.3 Å². The minimum absolute atomic E-state index is 0.236. The van der Waals surface area contributed by atoms with Crippen molar-refractivity contribution in [3.8, 4) is 0 Å². The molecule has 0 unspecified atom stereocenters. The van der Waals surface area contributed by atoms with Gasteiger partial charge in [0.2, 0.25) is 0 Å². The number of nitrogens with one attached hydrogen (secondary N) is 1. The van der Waals surface area contributed by atoms with Gasteiger partial charge in [-0.25, -0.2) is 0 Å². The summed E-state index contributed by atoms with van der Waals surface area (Å²) < 4.78 is 38.0. The number of benzene rings is 2. The van der Waals surface area contributed by atoms with Gasteiger partial charge in [-0.2, -0.15) is 13.2 Å². The number of halogens is 3. The Kier molecular flexibility index (Phi) is 4.85. The van der Waals surface area contributed by atoms with Crippen molar-refractivity contribution in [1.29, 1.82) is 0 Å². The van der Waals surface area contributed by atoms with Crippen LogP contribution in [0.25, 0.3) is 0 Å². The molecule has 0 radical (unpaired) electrons. The second-order valence-electron chi connectivity index (χ2n) is 5.14. The van der Waals surface area contributed by atoms with Gasteiger partial charge in [0, 0.05) is 11.6 Å². The highest BCUT2D eigenvalue weighted by molar-refractivity contribution is 5.94. The van der Waals surface area contributed by atoms with E-state index in [9.17, 15) is 18.0 Å². The predicted octanol–water partition coefficient (Wildman–Crippen LogP) is 4.07. The van der Waals surface area contributed by atoms with Crippen molar-refractivity contribution in [2.45, 2.75) is 25.6 Å². The van der Waals surface area contributed by atoms with Crippen LogP contribution in [0.4, 0.5) is 13.2 Å². The largest absolute Gasteiger partial charge is 0.416 e. The van der Waals surface area contributed by atoms with Crippen molar-refractivity contribution in [2.75, 3.05) is 0 Å². The summed E-state index contributed by atoms with van der Waals surface area (Å²) >= 11 is 0. The summed E-state index contributed by atoms with van der Waals surface area (Å²) in [5.74, 6) is -0.236. The average Bonchev–Trinajstić information content (AvgIpc) is 2.47. The first-order valence-electron chi connectivity index (χ1n) is 6.88. The molecular weight excluding hydrogens is 291 g/mol. The molecular formula is C17H16F3NO. The Morgan fingerprint density at radius 1 is 1.09 bits per heavy atom. The van der Waals surface area contributed by atoms with Gasteiger partial charge in [-0.3, -0.25) is 4.79 Å². The maximum atomic E-state index is 12.7. The lowest BCUT2D eigenvalue weighted by atomic mass is 10.0. The third-order valence-corrected chi connectivity index (χ3v) is 3.21. The summed E-state index contributed by atoms with van der Waals surface area (Å²) in [4.78, 5) is 12.0. The summed E-state index contributed by atoms with van der Waals surface area (Å²) in [6, 6.07) is 13.6. The van der Waals surface area contributed by atoms with E-state index in [1.54, 1.807) is 37.3 Å². The normalized spacial score (nSPS) is 12.7. The van der Waals surface area contributed by atoms with Crippen molar-refractivity contribution >= 4 is 5.91 Å². The van der Waals surface area contributed by atoms with Crippen molar-refractivity contribution in [3.63, 3.8) is 0 Å². The van der Waals surface area contributed by atoms with Crippen LogP contribution in [0.3, 0.4) is 0 Å². The van der Waals surface area contributed by atoms with Gasteiger partial charge in [-0.15, -0.1) is 0 Å². The van der Waals surface area contributed by atoms with Gasteiger partial charge >= 0.3 is 6.18 Å². The zero-order valence-corrected chi connectivity index (χ0v) is 12.0. The first-order valence-corrected chi connectivity index (χ1v) is 6.88. The summed E-state index contributed by atoms with van der Waals surface area (Å²) in [6.07, 6.45) is -4.02. The molecule has 2 aromatic carbocycles. The molecule has 5 heteroatoms. The fourth-order valence-electron chi connectivity index (χ4n) is 2.18. The average molecular weight is 307 g/mol. The van der Waals surface area contributed by atoms with Crippen molar-refractivity contribution < 1.29 is 18.0 Å². The monoisotopic (exact) mass is 307 g/mol. The van der Waals surface area contributed by atoms with E-state index in [-0.39, 0.29) is 11.9 Å². The summed E-state index contributed by atoms with van der Waals surface area (Å²) in [6.45, 7) is 1.76. The summed E-state index contributed by atoms with van der Waals surface area (Å²) in [7, 11) is 0. The molecule has 116 valence electrons. The number of amides is 1. The number of carbonyl (C=O) groups excluding carboxylic acids is 1. The van der Waals surface area contributed by atoms with Crippen LogP contribution in [-0.2, 0) is 12.6 Å². The molecule has 1 amide bonds. The molecule has 0 aliphatic carbocycles. The van der Waals surface area contributed by atoms with Gasteiger partial charge in [-0.05, 0) is 37.1 Å². The maximum absolute atomic E-state index is 12.7. The molecule has 0 saturated carbocycles. The highest BCUT2D eigenvalue weighted by Gasteiger charge is 2.30. The van der Waals surface area contributed by atoms with Crippen molar-refractivity contribution in [2.24, 2.45) is 0 Å². The van der Waals surface area contributed by atoms with E-state index in [4.69, 9.17) is 0 Å². The Balaban J connectivity index is 2.00. The van der Waals surface area contributed by atoms with E-state index in [1.807, 2.05) is 6.07 Å². The minimum Gasteiger partial charge on any atom is -0.349 e. The molecule has 0 bridgehead atoms. The lowest BCUT2D eigenvalue weighted by molar-refractivity contribution is -0.137. The number of hydrogen-bond acceptors (Lipinski definition) is 1. The Morgan fingerprint density at radius 2 is 1.77 bits per heavy atom. The first-order chi connectivity index (χ1) is 10.4. The van der Waals surface area contributed by atoms with Crippen LogP contribution in [0.5, 0.6) is 0 Å². The maximum Gasteiger partial charge on any atom is 0.416 e. The number of rotatable bonds is 4. The molecule has 0 saturated heterocycles. The summed E-state index contributed by atoms with van der Waals surface area (Å²) in [5, 5.41) is 2.78. The SMILES string of the molecule is C[C@@H](Cc1cccc(C(F)(F)F)c1)NC(=O)c1ccccc1. The highest BCUT2D eigenvalue weighted by atomic mass is 19.4. The highest BCUT2D eigenvalue weighted by Crippen LogP contribution is 2.29. The van der Waals surface area contributed by atoms with Gasteiger partial charge in [0.05, 0.1) is 5.56 Å². The fourth-order valence-corrected chi connectivity index (χ4v) is 2.18. The smallest absolute Gasteiger partial charge is 0.349 e. The van der Waals surface area contributed by atoms with Gasteiger partial charge < -0.3 is 5.32 Å². The topological polar surface area (TPSA) is 29.1 Å².